The highest BCUT2D eigenvalue weighted by Gasteiger charge is 2.24. The number of pyridine rings is 5. The Balaban J connectivity index is 0.938. The lowest BCUT2D eigenvalue weighted by Crippen LogP contribution is -2.05. The molecule has 410 valence electrons. The van der Waals surface area contributed by atoms with Crippen molar-refractivity contribution in [2.24, 2.45) is 0 Å². The number of hydrogen-bond acceptors (Lipinski definition) is 6. The van der Waals surface area contributed by atoms with Crippen molar-refractivity contribution in [3.8, 4) is 118 Å². The van der Waals surface area contributed by atoms with Gasteiger partial charge < -0.3 is 9.13 Å². The van der Waals surface area contributed by atoms with E-state index in [0.29, 0.717) is 5.56 Å². The van der Waals surface area contributed by atoms with Crippen LogP contribution in [0.1, 0.15) is 5.56 Å². The SMILES string of the molecule is N#Cc1ccc(-c2c(-n3c4ccc(-c5ccnc(-c6ccccc6)c5)cc4c4cc(-c5ccnc(-c6ccccc6)c5)ccc43)cncc2-n2c3ccc(-c4ccnc(-c5ccccc5)c4)cc3c3cc(-c4ccnc(-c5ccccc5)c4)ccc32)cc1. The molecule has 0 atom stereocenters. The Hall–Kier alpha value is -12.2. The minimum absolute atomic E-state index is 0.575. The summed E-state index contributed by atoms with van der Waals surface area (Å²) in [6.45, 7) is 0. The van der Waals surface area contributed by atoms with Gasteiger partial charge in [0.05, 0.1) is 80.2 Å². The van der Waals surface area contributed by atoms with Gasteiger partial charge in [0.2, 0.25) is 0 Å². The minimum Gasteiger partial charge on any atom is -0.307 e. The molecule has 0 saturated carbocycles. The molecule has 0 aliphatic heterocycles. The lowest BCUT2D eigenvalue weighted by Gasteiger charge is -2.20. The highest BCUT2D eigenvalue weighted by molar-refractivity contribution is 6.14. The average Bonchev–Trinajstić information content (AvgIpc) is 1.70. The van der Waals surface area contributed by atoms with Gasteiger partial charge in [-0.15, -0.1) is 0 Å². The van der Waals surface area contributed by atoms with E-state index in [4.69, 9.17) is 24.9 Å². The van der Waals surface area contributed by atoms with Crippen LogP contribution in [0.4, 0.5) is 0 Å². The Kier molecular flexibility index (Phi) is 12.7. The summed E-state index contributed by atoms with van der Waals surface area (Å²) in [5, 5.41) is 14.5. The molecule has 0 unspecified atom stereocenters. The van der Waals surface area contributed by atoms with Crippen LogP contribution in [0.15, 0.2) is 304 Å². The maximum absolute atomic E-state index is 10.2. The predicted molar refractivity (Wildman–Crippen MR) is 358 cm³/mol. The van der Waals surface area contributed by atoms with E-state index < -0.39 is 0 Å². The quantitative estimate of drug-likeness (QED) is 0.128. The van der Waals surface area contributed by atoms with E-state index in [1.54, 1.807) is 0 Å². The third kappa shape index (κ3) is 9.24. The van der Waals surface area contributed by atoms with Gasteiger partial charge in [-0.05, 0) is 159 Å². The topological polar surface area (TPSA) is 98.1 Å². The van der Waals surface area contributed by atoms with Gasteiger partial charge in [0, 0.05) is 74.1 Å². The molecule has 7 heterocycles. The van der Waals surface area contributed by atoms with Crippen LogP contribution in [-0.4, -0.2) is 34.1 Å². The fourth-order valence-electron chi connectivity index (χ4n) is 12.6. The van der Waals surface area contributed by atoms with Crippen LogP contribution >= 0.6 is 0 Å². The fraction of sp³-hybridized carbons (Fsp3) is 0. The molecular formula is C80H50N8. The number of rotatable bonds is 11. The number of hydrogen-bond donors (Lipinski definition) is 0. The molecule has 0 N–H and O–H groups in total. The van der Waals surface area contributed by atoms with Crippen molar-refractivity contribution >= 4 is 43.6 Å². The molecule has 8 heteroatoms. The van der Waals surface area contributed by atoms with E-state index in [1.165, 1.54) is 0 Å². The molecule has 0 fully saturated rings. The largest absolute Gasteiger partial charge is 0.307 e. The van der Waals surface area contributed by atoms with Crippen LogP contribution in [0.25, 0.3) is 156 Å². The van der Waals surface area contributed by atoms with Gasteiger partial charge in [0.15, 0.2) is 0 Å². The van der Waals surface area contributed by atoms with Gasteiger partial charge in [-0.3, -0.25) is 24.9 Å². The zero-order valence-electron chi connectivity index (χ0n) is 47.4. The van der Waals surface area contributed by atoms with Crippen molar-refractivity contribution in [1.82, 2.24) is 34.1 Å². The summed E-state index contributed by atoms with van der Waals surface area (Å²) in [7, 11) is 0. The lowest BCUT2D eigenvalue weighted by molar-refractivity contribution is 1.09. The first kappa shape index (κ1) is 51.5. The summed E-state index contributed by atoms with van der Waals surface area (Å²) < 4.78 is 4.75. The molecule has 0 aliphatic carbocycles. The summed E-state index contributed by atoms with van der Waals surface area (Å²) in [6, 6.07) is 95.8. The molecular weight excluding hydrogens is 1070 g/mol. The molecule has 0 aliphatic rings. The molecule has 16 aromatic rings. The Morgan fingerprint density at radius 2 is 0.534 bits per heavy atom. The molecule has 8 nitrogen and oxygen atoms in total. The molecule has 0 radical (unpaired) electrons. The highest BCUT2D eigenvalue weighted by atomic mass is 15.0. The summed E-state index contributed by atoms with van der Waals surface area (Å²) in [6.07, 6.45) is 11.6. The molecule has 0 saturated heterocycles. The Morgan fingerprint density at radius 1 is 0.261 bits per heavy atom. The number of nitrogens with zero attached hydrogens (tertiary/aromatic N) is 8. The van der Waals surface area contributed by atoms with Gasteiger partial charge in [-0.2, -0.15) is 5.26 Å². The van der Waals surface area contributed by atoms with E-state index in [9.17, 15) is 5.26 Å². The molecule has 0 bridgehead atoms. The van der Waals surface area contributed by atoms with Crippen LogP contribution in [0.3, 0.4) is 0 Å². The van der Waals surface area contributed by atoms with E-state index >= 15 is 0 Å². The van der Waals surface area contributed by atoms with Gasteiger partial charge in [-0.25, -0.2) is 0 Å². The molecule has 88 heavy (non-hydrogen) atoms. The summed E-state index contributed by atoms with van der Waals surface area (Å²) in [4.78, 5) is 24.5. The summed E-state index contributed by atoms with van der Waals surface area (Å²) in [5.41, 5.74) is 24.7. The van der Waals surface area contributed by atoms with Gasteiger partial charge in [0.1, 0.15) is 0 Å². The third-order valence-corrected chi connectivity index (χ3v) is 16.9. The average molecular weight is 1120 g/mol. The predicted octanol–water partition coefficient (Wildman–Crippen LogP) is 19.7. The standard InChI is InChI=1S/C80H50N8/c81-49-52-21-23-57(24-22-52)80-78(87-74-29-25-58(62-33-37-83-70(45-62)53-13-5-1-6-14-53)41-66(74)67-42-59(26-30-75(67)87)63-34-38-84-71(46-63)54-15-7-2-8-16-54)50-82-51-79(80)88-76-31-27-60(64-35-39-85-72(47-64)55-17-9-3-10-18-55)43-68(76)69-44-61(28-32-77(69)88)65-36-40-86-73(48-65)56-19-11-4-12-20-56/h1-48,50-51H. The minimum atomic E-state index is 0.575. The van der Waals surface area contributed by atoms with E-state index in [2.05, 4.69) is 197 Å². The Morgan fingerprint density at radius 3 is 0.818 bits per heavy atom. The second-order valence-corrected chi connectivity index (χ2v) is 22.0. The van der Waals surface area contributed by atoms with Crippen molar-refractivity contribution in [1.29, 1.82) is 5.26 Å². The maximum atomic E-state index is 10.2. The zero-order chi connectivity index (χ0) is 58.5. The van der Waals surface area contributed by atoms with Crippen molar-refractivity contribution < 1.29 is 0 Å². The van der Waals surface area contributed by atoms with Gasteiger partial charge >= 0.3 is 0 Å². The van der Waals surface area contributed by atoms with Crippen molar-refractivity contribution in [3.05, 3.63) is 310 Å². The van der Waals surface area contributed by atoms with Crippen LogP contribution in [0.2, 0.25) is 0 Å². The number of aromatic nitrogens is 7. The second kappa shape index (κ2) is 21.8. The van der Waals surface area contributed by atoms with Gasteiger partial charge in [0.25, 0.3) is 0 Å². The monoisotopic (exact) mass is 1120 g/mol. The molecule has 16 rings (SSSR count). The normalized spacial score (nSPS) is 11.4. The number of benzene rings is 9. The molecule has 0 spiro atoms. The maximum Gasteiger partial charge on any atom is 0.0991 e. The number of fused-ring (bicyclic) bond motifs is 6. The second-order valence-electron chi connectivity index (χ2n) is 22.0. The molecule has 0 amide bonds. The smallest absolute Gasteiger partial charge is 0.0991 e. The van der Waals surface area contributed by atoms with Crippen LogP contribution in [0.5, 0.6) is 0 Å². The third-order valence-electron chi connectivity index (χ3n) is 16.9. The first-order chi connectivity index (χ1) is 43.6. The first-order valence-corrected chi connectivity index (χ1v) is 29.3. The van der Waals surface area contributed by atoms with E-state index in [-0.39, 0.29) is 0 Å². The van der Waals surface area contributed by atoms with Crippen molar-refractivity contribution in [2.45, 2.75) is 0 Å². The Labute approximate surface area is 507 Å². The van der Waals surface area contributed by atoms with Crippen LogP contribution in [0, 0.1) is 11.3 Å². The number of nitriles is 1. The summed E-state index contributed by atoms with van der Waals surface area (Å²) in [5.74, 6) is 0. The molecule has 7 aromatic heterocycles. The fourth-order valence-corrected chi connectivity index (χ4v) is 12.6. The first-order valence-electron chi connectivity index (χ1n) is 29.3. The van der Waals surface area contributed by atoms with Crippen LogP contribution < -0.4 is 0 Å². The zero-order valence-corrected chi connectivity index (χ0v) is 47.4. The highest BCUT2D eigenvalue weighted by Crippen LogP contribution is 2.45. The van der Waals surface area contributed by atoms with Gasteiger partial charge in [-0.1, -0.05) is 158 Å². The van der Waals surface area contributed by atoms with Crippen molar-refractivity contribution in [3.63, 3.8) is 0 Å². The lowest BCUT2D eigenvalue weighted by atomic mass is 9.99. The van der Waals surface area contributed by atoms with E-state index in [0.717, 1.165) is 156 Å². The molecule has 9 aromatic carbocycles. The Bertz CT molecular complexity index is 4790. The van der Waals surface area contributed by atoms with E-state index in [1.807, 2.05) is 122 Å². The van der Waals surface area contributed by atoms with Crippen molar-refractivity contribution in [2.75, 3.05) is 0 Å². The summed E-state index contributed by atoms with van der Waals surface area (Å²) >= 11 is 0. The van der Waals surface area contributed by atoms with Crippen LogP contribution in [-0.2, 0) is 0 Å².